The van der Waals surface area contributed by atoms with Crippen molar-refractivity contribution in [1.29, 1.82) is 0 Å². The van der Waals surface area contributed by atoms with E-state index in [0.29, 0.717) is 18.5 Å². The van der Waals surface area contributed by atoms with Crippen molar-refractivity contribution >= 4 is 17.8 Å². The molecule has 6 heteroatoms. The first-order valence-electron chi connectivity index (χ1n) is 9.86. The highest BCUT2D eigenvalue weighted by atomic mass is 16.2. The van der Waals surface area contributed by atoms with E-state index in [1.165, 1.54) is 4.90 Å². The van der Waals surface area contributed by atoms with Crippen LogP contribution in [0.2, 0.25) is 0 Å². The third-order valence-corrected chi connectivity index (χ3v) is 5.55. The Morgan fingerprint density at radius 3 is 2.10 bits per heavy atom. The second-order valence-corrected chi connectivity index (χ2v) is 7.58. The summed E-state index contributed by atoms with van der Waals surface area (Å²) in [6.45, 7) is 2.49. The van der Waals surface area contributed by atoms with E-state index >= 15 is 0 Å². The van der Waals surface area contributed by atoms with Gasteiger partial charge in [-0.15, -0.1) is 0 Å². The highest BCUT2D eigenvalue weighted by Gasteiger charge is 2.55. The van der Waals surface area contributed by atoms with E-state index in [-0.39, 0.29) is 6.42 Å². The summed E-state index contributed by atoms with van der Waals surface area (Å²) in [6.07, 6.45) is 0.833. The molecule has 1 aliphatic heterocycles. The molecule has 3 rings (SSSR count). The number of rotatable bonds is 7. The van der Waals surface area contributed by atoms with Crippen LogP contribution in [0.4, 0.5) is 4.79 Å². The number of carbonyl (C=O) groups excluding carboxylic acids is 3. The fourth-order valence-electron chi connectivity index (χ4n) is 3.94. The Hall–Kier alpha value is -2.99. The summed E-state index contributed by atoms with van der Waals surface area (Å²) in [5.74, 6) is -1.02. The monoisotopic (exact) mass is 393 g/mol. The van der Waals surface area contributed by atoms with Gasteiger partial charge in [0.25, 0.3) is 5.91 Å². The normalized spacial score (nSPS) is 20.7. The predicted octanol–water partition coefficient (Wildman–Crippen LogP) is 3.11. The number of nitrogens with one attached hydrogen (secondary N) is 1. The third-order valence-electron chi connectivity index (χ3n) is 5.55. The lowest BCUT2D eigenvalue weighted by Gasteiger charge is -2.42. The zero-order chi connectivity index (χ0) is 21.0. The number of amides is 4. The van der Waals surface area contributed by atoms with Gasteiger partial charge < -0.3 is 4.90 Å². The summed E-state index contributed by atoms with van der Waals surface area (Å²) in [7, 11) is 3.90. The van der Waals surface area contributed by atoms with Crippen LogP contribution >= 0.6 is 0 Å². The highest BCUT2D eigenvalue weighted by Crippen LogP contribution is 2.37. The summed E-state index contributed by atoms with van der Waals surface area (Å²) < 4.78 is 0. The van der Waals surface area contributed by atoms with Gasteiger partial charge >= 0.3 is 6.03 Å². The van der Waals surface area contributed by atoms with E-state index in [9.17, 15) is 14.4 Å². The molecule has 1 aliphatic rings. The molecule has 2 unspecified atom stereocenters. The first-order valence-corrected chi connectivity index (χ1v) is 9.86. The Labute approximate surface area is 171 Å². The predicted molar refractivity (Wildman–Crippen MR) is 111 cm³/mol. The molecule has 6 nitrogen and oxygen atoms in total. The Morgan fingerprint density at radius 1 is 0.966 bits per heavy atom. The molecule has 1 fully saturated rings. The molecule has 0 aromatic heterocycles. The largest absolute Gasteiger partial charge is 0.331 e. The molecule has 0 aliphatic carbocycles. The summed E-state index contributed by atoms with van der Waals surface area (Å²) in [5.41, 5.74) is 0.0486. The molecule has 0 bridgehead atoms. The van der Waals surface area contributed by atoms with E-state index < -0.39 is 29.3 Å². The van der Waals surface area contributed by atoms with E-state index in [0.717, 1.165) is 5.56 Å². The average molecular weight is 393 g/mol. The Morgan fingerprint density at radius 2 is 1.55 bits per heavy atom. The van der Waals surface area contributed by atoms with Gasteiger partial charge in [0.05, 0.1) is 6.04 Å². The molecular formula is C23H27N3O3. The SMILES string of the molecule is CCC1(c2ccccc2)C(=O)NC(=O)N(C(CCN(C)C)c2ccccc2)C1=O. The summed E-state index contributed by atoms with van der Waals surface area (Å²) >= 11 is 0. The van der Waals surface area contributed by atoms with Crippen LogP contribution in [0.1, 0.15) is 36.9 Å². The number of barbiturate groups is 1. The van der Waals surface area contributed by atoms with Gasteiger partial charge in [-0.1, -0.05) is 67.6 Å². The molecule has 1 saturated heterocycles. The number of carbonyl (C=O) groups is 3. The maximum absolute atomic E-state index is 13.8. The van der Waals surface area contributed by atoms with Gasteiger partial charge in [-0.05, 0) is 44.6 Å². The minimum atomic E-state index is -1.42. The van der Waals surface area contributed by atoms with Crippen LogP contribution < -0.4 is 5.32 Å². The van der Waals surface area contributed by atoms with Crippen LogP contribution in [-0.2, 0) is 15.0 Å². The quantitative estimate of drug-likeness (QED) is 0.734. The minimum absolute atomic E-state index is 0.265. The molecule has 1 heterocycles. The lowest BCUT2D eigenvalue weighted by atomic mass is 9.74. The molecule has 2 aromatic rings. The van der Waals surface area contributed by atoms with Crippen molar-refractivity contribution in [3.63, 3.8) is 0 Å². The Kier molecular flexibility index (Phi) is 6.13. The van der Waals surface area contributed by atoms with E-state index in [1.807, 2.05) is 55.4 Å². The second-order valence-electron chi connectivity index (χ2n) is 7.58. The van der Waals surface area contributed by atoms with Crippen molar-refractivity contribution in [3.8, 4) is 0 Å². The molecule has 0 saturated carbocycles. The van der Waals surface area contributed by atoms with Crippen molar-refractivity contribution in [2.75, 3.05) is 20.6 Å². The number of benzene rings is 2. The Balaban J connectivity index is 2.09. The first kappa shape index (κ1) is 20.7. The fraction of sp³-hybridized carbons (Fsp3) is 0.348. The smallest absolute Gasteiger partial charge is 0.309 e. The van der Waals surface area contributed by atoms with Gasteiger partial charge in [0.1, 0.15) is 0 Å². The van der Waals surface area contributed by atoms with Crippen LogP contribution in [0.3, 0.4) is 0 Å². The second kappa shape index (κ2) is 8.57. The summed E-state index contributed by atoms with van der Waals surface area (Å²) in [6, 6.07) is 17.4. The number of nitrogens with zero attached hydrogens (tertiary/aromatic N) is 2. The molecular weight excluding hydrogens is 366 g/mol. The number of urea groups is 1. The van der Waals surface area contributed by atoms with Crippen LogP contribution in [-0.4, -0.2) is 48.3 Å². The zero-order valence-corrected chi connectivity index (χ0v) is 17.1. The molecule has 2 atom stereocenters. The van der Waals surface area contributed by atoms with Crippen LogP contribution in [0.15, 0.2) is 60.7 Å². The molecule has 0 spiro atoms. The van der Waals surface area contributed by atoms with Crippen molar-refractivity contribution in [3.05, 3.63) is 71.8 Å². The van der Waals surface area contributed by atoms with Crippen LogP contribution in [0, 0.1) is 0 Å². The molecule has 2 aromatic carbocycles. The average Bonchev–Trinajstić information content (AvgIpc) is 2.72. The first-order chi connectivity index (χ1) is 13.9. The van der Waals surface area contributed by atoms with E-state index in [1.54, 1.807) is 31.2 Å². The number of imide groups is 2. The minimum Gasteiger partial charge on any atom is -0.309 e. The van der Waals surface area contributed by atoms with Crippen LogP contribution in [0.5, 0.6) is 0 Å². The maximum atomic E-state index is 13.8. The summed E-state index contributed by atoms with van der Waals surface area (Å²) in [5, 5.41) is 2.45. The fourth-order valence-corrected chi connectivity index (χ4v) is 3.94. The van der Waals surface area contributed by atoms with Gasteiger partial charge in [-0.2, -0.15) is 0 Å². The van der Waals surface area contributed by atoms with Crippen molar-refractivity contribution in [2.24, 2.45) is 0 Å². The van der Waals surface area contributed by atoms with Gasteiger partial charge in [0.15, 0.2) is 5.41 Å². The number of hydrogen-bond donors (Lipinski definition) is 1. The molecule has 152 valence electrons. The van der Waals surface area contributed by atoms with Crippen molar-refractivity contribution in [2.45, 2.75) is 31.2 Å². The zero-order valence-electron chi connectivity index (χ0n) is 17.1. The molecule has 29 heavy (non-hydrogen) atoms. The van der Waals surface area contributed by atoms with Gasteiger partial charge in [-0.3, -0.25) is 19.8 Å². The molecule has 4 amide bonds. The summed E-state index contributed by atoms with van der Waals surface area (Å²) in [4.78, 5) is 42.9. The van der Waals surface area contributed by atoms with Crippen molar-refractivity contribution < 1.29 is 14.4 Å². The standard InChI is InChI=1S/C23H27N3O3/c1-4-23(18-13-9-6-10-14-18)20(27)24-22(29)26(21(23)28)19(15-16-25(2)3)17-11-7-5-8-12-17/h5-14,19H,4,15-16H2,1-3H3,(H,24,27,29). The van der Waals surface area contributed by atoms with Crippen molar-refractivity contribution in [1.82, 2.24) is 15.1 Å². The van der Waals surface area contributed by atoms with E-state index in [2.05, 4.69) is 5.32 Å². The van der Waals surface area contributed by atoms with Crippen LogP contribution in [0.25, 0.3) is 0 Å². The third kappa shape index (κ3) is 3.80. The van der Waals surface area contributed by atoms with Gasteiger partial charge in [0, 0.05) is 0 Å². The molecule has 1 N–H and O–H groups in total. The number of hydrogen-bond acceptors (Lipinski definition) is 4. The van der Waals surface area contributed by atoms with E-state index in [4.69, 9.17) is 0 Å². The highest BCUT2D eigenvalue weighted by molar-refractivity contribution is 6.23. The molecule has 0 radical (unpaired) electrons. The topological polar surface area (TPSA) is 69.7 Å². The Bertz CT molecular complexity index is 883. The van der Waals surface area contributed by atoms with Gasteiger partial charge in [0.2, 0.25) is 5.91 Å². The lowest BCUT2D eigenvalue weighted by molar-refractivity contribution is -0.147. The maximum Gasteiger partial charge on any atom is 0.331 e. The lowest BCUT2D eigenvalue weighted by Crippen LogP contribution is -2.66. The van der Waals surface area contributed by atoms with Gasteiger partial charge in [-0.25, -0.2) is 4.79 Å².